The fourth-order valence-corrected chi connectivity index (χ4v) is 3.36. The minimum Gasteiger partial charge on any atom is -0.489 e. The van der Waals surface area contributed by atoms with E-state index in [0.29, 0.717) is 5.75 Å². The molecule has 9 heteroatoms. The number of nitrogens with zero attached hydrogens (tertiary/aromatic N) is 2. The van der Waals surface area contributed by atoms with Crippen molar-refractivity contribution in [2.24, 2.45) is 0 Å². The number of ether oxygens (including phenoxy) is 1. The molecule has 1 fully saturated rings. The normalized spacial score (nSPS) is 19.9. The standard InChI is InChI=1S/C19H20F3N3O3/c1-12-8-16(11-23-10-12)28-15-5-2-13(3-6-15)24-14-4-7-18(25(26)27)17(9-14)19(20,21)22/h4,7-11,13,15,24H,2-3,5-6H2,1H3. The summed E-state index contributed by atoms with van der Waals surface area (Å²) in [7, 11) is 0. The molecule has 0 saturated heterocycles. The Morgan fingerprint density at radius 3 is 2.50 bits per heavy atom. The van der Waals surface area contributed by atoms with Gasteiger partial charge in [0.15, 0.2) is 0 Å². The van der Waals surface area contributed by atoms with Gasteiger partial charge in [-0.15, -0.1) is 0 Å². The van der Waals surface area contributed by atoms with Crippen LogP contribution < -0.4 is 10.1 Å². The van der Waals surface area contributed by atoms with Crippen molar-refractivity contribution in [1.29, 1.82) is 0 Å². The van der Waals surface area contributed by atoms with Gasteiger partial charge in [-0.2, -0.15) is 13.2 Å². The first kappa shape index (κ1) is 19.9. The molecule has 6 nitrogen and oxygen atoms in total. The summed E-state index contributed by atoms with van der Waals surface area (Å²) in [6.07, 6.45) is 1.61. The molecular formula is C19H20F3N3O3. The van der Waals surface area contributed by atoms with Gasteiger partial charge < -0.3 is 10.1 Å². The zero-order chi connectivity index (χ0) is 20.3. The third kappa shape index (κ3) is 4.90. The largest absolute Gasteiger partial charge is 0.489 e. The average Bonchev–Trinajstić information content (AvgIpc) is 2.62. The number of aryl methyl sites for hydroxylation is 1. The summed E-state index contributed by atoms with van der Waals surface area (Å²) < 4.78 is 45.2. The van der Waals surface area contributed by atoms with E-state index in [1.54, 1.807) is 12.4 Å². The zero-order valence-electron chi connectivity index (χ0n) is 15.2. The Morgan fingerprint density at radius 1 is 1.18 bits per heavy atom. The SMILES string of the molecule is Cc1cncc(OC2CCC(Nc3ccc([N+](=O)[O-])c(C(F)(F)F)c3)CC2)c1. The van der Waals surface area contributed by atoms with Gasteiger partial charge in [-0.25, -0.2) is 0 Å². The van der Waals surface area contributed by atoms with Crippen LogP contribution in [0.2, 0.25) is 0 Å². The molecule has 3 rings (SSSR count). The van der Waals surface area contributed by atoms with Gasteiger partial charge in [0.2, 0.25) is 0 Å². The molecule has 1 aromatic carbocycles. The van der Waals surface area contributed by atoms with E-state index in [0.717, 1.165) is 43.4 Å². The maximum Gasteiger partial charge on any atom is 0.423 e. The van der Waals surface area contributed by atoms with Gasteiger partial charge in [-0.05, 0) is 56.4 Å². The first-order valence-electron chi connectivity index (χ1n) is 8.93. The third-order valence-corrected chi connectivity index (χ3v) is 4.70. The van der Waals surface area contributed by atoms with E-state index in [9.17, 15) is 23.3 Å². The van der Waals surface area contributed by atoms with Crippen LogP contribution in [0.5, 0.6) is 5.75 Å². The third-order valence-electron chi connectivity index (χ3n) is 4.70. The van der Waals surface area contributed by atoms with Crippen LogP contribution in [0.15, 0.2) is 36.7 Å². The van der Waals surface area contributed by atoms with E-state index in [4.69, 9.17) is 4.74 Å². The highest BCUT2D eigenvalue weighted by atomic mass is 19.4. The molecular weight excluding hydrogens is 375 g/mol. The van der Waals surface area contributed by atoms with Gasteiger partial charge in [0.25, 0.3) is 5.69 Å². The van der Waals surface area contributed by atoms with Crippen molar-refractivity contribution in [1.82, 2.24) is 4.98 Å². The molecule has 0 bridgehead atoms. The minimum absolute atomic E-state index is 0.0157. The highest BCUT2D eigenvalue weighted by Crippen LogP contribution is 2.38. The molecule has 1 aromatic heterocycles. The van der Waals surface area contributed by atoms with Crippen molar-refractivity contribution >= 4 is 11.4 Å². The van der Waals surface area contributed by atoms with Gasteiger partial charge in [0.05, 0.1) is 17.2 Å². The molecule has 2 aromatic rings. The van der Waals surface area contributed by atoms with E-state index in [1.807, 2.05) is 13.0 Å². The lowest BCUT2D eigenvalue weighted by molar-refractivity contribution is -0.388. The number of halogens is 3. The molecule has 28 heavy (non-hydrogen) atoms. The van der Waals surface area contributed by atoms with E-state index in [1.165, 1.54) is 6.07 Å². The Morgan fingerprint density at radius 2 is 1.89 bits per heavy atom. The summed E-state index contributed by atoms with van der Waals surface area (Å²) in [6, 6.07) is 4.91. The summed E-state index contributed by atoms with van der Waals surface area (Å²) in [5.74, 6) is 0.710. The van der Waals surface area contributed by atoms with E-state index >= 15 is 0 Å². The number of nitro benzene ring substituents is 1. The number of hydrogen-bond donors (Lipinski definition) is 1. The summed E-state index contributed by atoms with van der Waals surface area (Å²) >= 11 is 0. The van der Waals surface area contributed by atoms with Crippen LogP contribution in [0.25, 0.3) is 0 Å². The Kier molecular flexibility index (Phi) is 5.71. The number of benzene rings is 1. The summed E-state index contributed by atoms with van der Waals surface area (Å²) in [4.78, 5) is 13.9. The van der Waals surface area contributed by atoms with Crippen molar-refractivity contribution < 1.29 is 22.8 Å². The predicted octanol–water partition coefficient (Wildman–Crippen LogP) is 5.12. The minimum atomic E-state index is -4.78. The van der Waals surface area contributed by atoms with E-state index < -0.39 is 22.4 Å². The van der Waals surface area contributed by atoms with Crippen LogP contribution in [0.1, 0.15) is 36.8 Å². The van der Waals surface area contributed by atoms with Crippen molar-refractivity contribution in [3.63, 3.8) is 0 Å². The van der Waals surface area contributed by atoms with E-state index in [2.05, 4.69) is 10.3 Å². The highest BCUT2D eigenvalue weighted by molar-refractivity contribution is 5.55. The molecule has 1 N–H and O–H groups in total. The molecule has 0 amide bonds. The molecule has 1 saturated carbocycles. The fourth-order valence-electron chi connectivity index (χ4n) is 3.36. The second-order valence-electron chi connectivity index (χ2n) is 6.92. The number of nitrogens with one attached hydrogen (secondary N) is 1. The topological polar surface area (TPSA) is 77.3 Å². The van der Waals surface area contributed by atoms with E-state index in [-0.39, 0.29) is 17.8 Å². The van der Waals surface area contributed by atoms with Gasteiger partial charge in [0, 0.05) is 24.0 Å². The average molecular weight is 395 g/mol. The van der Waals surface area contributed by atoms with Crippen LogP contribution in [-0.4, -0.2) is 22.1 Å². The lowest BCUT2D eigenvalue weighted by atomic mass is 9.92. The smallest absolute Gasteiger partial charge is 0.423 e. The molecule has 0 spiro atoms. The molecule has 0 unspecified atom stereocenters. The summed E-state index contributed by atoms with van der Waals surface area (Å²) in [5.41, 5.74) is -0.954. The van der Waals surface area contributed by atoms with Gasteiger partial charge in [-0.1, -0.05) is 0 Å². The Labute approximate surface area is 159 Å². The lowest BCUT2D eigenvalue weighted by Gasteiger charge is -2.30. The maximum absolute atomic E-state index is 13.1. The monoisotopic (exact) mass is 395 g/mol. The molecule has 150 valence electrons. The van der Waals surface area contributed by atoms with Crippen LogP contribution in [0.3, 0.4) is 0 Å². The fraction of sp³-hybridized carbons (Fsp3) is 0.421. The zero-order valence-corrected chi connectivity index (χ0v) is 15.2. The number of hydrogen-bond acceptors (Lipinski definition) is 5. The molecule has 1 aliphatic rings. The van der Waals surface area contributed by atoms with Gasteiger partial charge in [-0.3, -0.25) is 15.1 Å². The molecule has 0 atom stereocenters. The van der Waals surface area contributed by atoms with Gasteiger partial charge >= 0.3 is 6.18 Å². The van der Waals surface area contributed by atoms with Crippen LogP contribution >= 0.6 is 0 Å². The Balaban J connectivity index is 1.61. The molecule has 1 aliphatic carbocycles. The lowest BCUT2D eigenvalue weighted by Crippen LogP contribution is -2.31. The number of anilines is 1. The highest BCUT2D eigenvalue weighted by Gasteiger charge is 2.38. The van der Waals surface area contributed by atoms with Gasteiger partial charge in [0.1, 0.15) is 11.3 Å². The first-order chi connectivity index (χ1) is 13.2. The second-order valence-corrected chi connectivity index (χ2v) is 6.92. The van der Waals surface area contributed by atoms with Crippen LogP contribution in [0, 0.1) is 17.0 Å². The second kappa shape index (κ2) is 8.04. The van der Waals surface area contributed by atoms with Crippen LogP contribution in [0.4, 0.5) is 24.5 Å². The Hall–Kier alpha value is -2.84. The van der Waals surface area contributed by atoms with Crippen molar-refractivity contribution in [2.45, 2.75) is 50.9 Å². The number of aromatic nitrogens is 1. The van der Waals surface area contributed by atoms with Crippen LogP contribution in [-0.2, 0) is 6.18 Å². The molecule has 0 radical (unpaired) electrons. The van der Waals surface area contributed by atoms with Crippen molar-refractivity contribution in [2.75, 3.05) is 5.32 Å². The molecule has 0 aliphatic heterocycles. The number of pyridine rings is 1. The maximum atomic E-state index is 13.1. The summed E-state index contributed by atoms with van der Waals surface area (Å²) in [5, 5.41) is 13.9. The molecule has 1 heterocycles. The van der Waals surface area contributed by atoms with Crippen molar-refractivity contribution in [3.05, 3.63) is 57.9 Å². The van der Waals surface area contributed by atoms with Crippen molar-refractivity contribution in [3.8, 4) is 5.75 Å². The number of alkyl halides is 3. The number of nitro groups is 1. The first-order valence-corrected chi connectivity index (χ1v) is 8.93. The summed E-state index contributed by atoms with van der Waals surface area (Å²) in [6.45, 7) is 1.93. The number of rotatable bonds is 5. The predicted molar refractivity (Wildman–Crippen MR) is 97.4 cm³/mol. The quantitative estimate of drug-likeness (QED) is 0.562. The Bertz CT molecular complexity index is 850.